The van der Waals surface area contributed by atoms with E-state index in [1.54, 1.807) is 0 Å². The van der Waals surface area contributed by atoms with E-state index in [1.165, 1.54) is 0 Å². The topological polar surface area (TPSA) is 89.0 Å². The van der Waals surface area contributed by atoms with E-state index in [0.29, 0.717) is 11.1 Å². The van der Waals surface area contributed by atoms with Gasteiger partial charge in [0.2, 0.25) is 11.0 Å². The van der Waals surface area contributed by atoms with E-state index in [-0.39, 0.29) is 10.5 Å². The van der Waals surface area contributed by atoms with E-state index in [1.807, 2.05) is 20.8 Å². The van der Waals surface area contributed by atoms with Crippen molar-refractivity contribution in [1.29, 1.82) is 0 Å². The fourth-order valence-electron chi connectivity index (χ4n) is 1.91. The number of carbonyl (C=O) groups excluding carboxylic acids is 1. The minimum Gasteiger partial charge on any atom is -0.299 e. The van der Waals surface area contributed by atoms with Crippen molar-refractivity contribution in [3.8, 4) is 0 Å². The second-order valence-corrected chi connectivity index (χ2v) is 10.6. The van der Waals surface area contributed by atoms with Gasteiger partial charge in [0.25, 0.3) is 0 Å². The van der Waals surface area contributed by atoms with Crippen molar-refractivity contribution < 1.29 is 22.0 Å². The summed E-state index contributed by atoms with van der Waals surface area (Å²) in [5.74, 6) is -3.05. The van der Waals surface area contributed by atoms with Crippen LogP contribution in [0.4, 0.5) is 13.9 Å². The van der Waals surface area contributed by atoms with Crippen LogP contribution in [0, 0.1) is 11.6 Å². The van der Waals surface area contributed by atoms with Gasteiger partial charge in [-0.1, -0.05) is 32.1 Å². The summed E-state index contributed by atoms with van der Waals surface area (Å²) < 4.78 is 50.4. The van der Waals surface area contributed by atoms with Gasteiger partial charge in [-0.05, 0) is 26.0 Å². The lowest BCUT2D eigenvalue weighted by atomic mass is 9.98. The predicted molar refractivity (Wildman–Crippen MR) is 94.9 cm³/mol. The van der Waals surface area contributed by atoms with Crippen LogP contribution in [0.2, 0.25) is 0 Å². The van der Waals surface area contributed by atoms with E-state index in [0.717, 1.165) is 37.3 Å². The summed E-state index contributed by atoms with van der Waals surface area (Å²) in [5, 5.41) is 11.0. The second-order valence-electron chi connectivity index (χ2n) is 7.20. The van der Waals surface area contributed by atoms with Crippen molar-refractivity contribution in [2.75, 3.05) is 5.32 Å². The molecular formula is C16H19F2N3O3S2. The van der Waals surface area contributed by atoms with E-state index in [2.05, 4.69) is 15.5 Å². The van der Waals surface area contributed by atoms with Crippen molar-refractivity contribution in [3.05, 3.63) is 34.8 Å². The quantitative estimate of drug-likeness (QED) is 0.791. The normalized spacial score (nSPS) is 12.9. The maximum absolute atomic E-state index is 13.9. The number of hydrogen-bond donors (Lipinski definition) is 1. The van der Waals surface area contributed by atoms with Crippen molar-refractivity contribution in [2.45, 2.75) is 49.7 Å². The first-order valence-corrected chi connectivity index (χ1v) is 9.92. The molecule has 0 radical (unpaired) electrons. The molecule has 0 saturated heterocycles. The molecule has 26 heavy (non-hydrogen) atoms. The van der Waals surface area contributed by atoms with E-state index >= 15 is 0 Å². The lowest BCUT2D eigenvalue weighted by molar-refractivity contribution is -0.117. The Morgan fingerprint density at radius 2 is 1.73 bits per heavy atom. The zero-order valence-electron chi connectivity index (χ0n) is 14.9. The monoisotopic (exact) mass is 403 g/mol. The highest BCUT2D eigenvalue weighted by Crippen LogP contribution is 2.31. The van der Waals surface area contributed by atoms with Crippen molar-refractivity contribution >= 4 is 32.2 Å². The second kappa shape index (κ2) is 6.66. The number of carbonyl (C=O) groups is 1. The van der Waals surface area contributed by atoms with Crippen molar-refractivity contribution in [3.63, 3.8) is 0 Å². The number of aromatic nitrogens is 2. The van der Waals surface area contributed by atoms with Gasteiger partial charge >= 0.3 is 0 Å². The molecule has 0 fully saturated rings. The highest BCUT2D eigenvalue weighted by molar-refractivity contribution is 7.93. The van der Waals surface area contributed by atoms with Gasteiger partial charge in [0.1, 0.15) is 26.3 Å². The van der Waals surface area contributed by atoms with E-state index < -0.39 is 37.0 Å². The number of halogens is 2. The molecule has 1 aromatic carbocycles. The van der Waals surface area contributed by atoms with Crippen LogP contribution in [0.15, 0.2) is 23.1 Å². The van der Waals surface area contributed by atoms with Crippen LogP contribution >= 0.6 is 11.3 Å². The molecule has 1 amide bonds. The molecule has 1 N–H and O–H groups in total. The molecule has 2 rings (SSSR count). The average molecular weight is 403 g/mol. The lowest BCUT2D eigenvalue weighted by Gasteiger charge is -2.23. The third kappa shape index (κ3) is 3.75. The molecule has 0 aliphatic heterocycles. The first-order chi connectivity index (χ1) is 11.8. The summed E-state index contributed by atoms with van der Waals surface area (Å²) in [7, 11) is -4.42. The molecule has 6 nitrogen and oxygen atoms in total. The Morgan fingerprint density at radius 1 is 1.12 bits per heavy atom. The zero-order chi connectivity index (χ0) is 19.9. The Hall–Kier alpha value is -1.94. The Kier molecular flexibility index (Phi) is 5.22. The van der Waals surface area contributed by atoms with E-state index in [4.69, 9.17) is 0 Å². The van der Waals surface area contributed by atoms with E-state index in [9.17, 15) is 22.0 Å². The highest BCUT2D eigenvalue weighted by atomic mass is 32.2. The molecule has 1 aromatic heterocycles. The lowest BCUT2D eigenvalue weighted by Crippen LogP contribution is -2.44. The number of nitrogens with one attached hydrogen (secondary N) is 1. The summed E-state index contributed by atoms with van der Waals surface area (Å²) in [6.07, 6.45) is 0. The fourth-order valence-corrected chi connectivity index (χ4v) is 4.12. The molecular weight excluding hydrogens is 384 g/mol. The molecule has 142 valence electrons. The van der Waals surface area contributed by atoms with Crippen LogP contribution in [-0.4, -0.2) is 29.3 Å². The first kappa shape index (κ1) is 20.4. The van der Waals surface area contributed by atoms with Gasteiger partial charge in [0.05, 0.1) is 0 Å². The highest BCUT2D eigenvalue weighted by Gasteiger charge is 2.44. The third-order valence-electron chi connectivity index (χ3n) is 3.69. The average Bonchev–Trinajstić information content (AvgIpc) is 2.95. The summed E-state index contributed by atoms with van der Waals surface area (Å²) in [5.41, 5.74) is -0.278. The number of anilines is 1. The van der Waals surface area contributed by atoms with Crippen LogP contribution in [-0.2, 0) is 20.0 Å². The Morgan fingerprint density at radius 3 is 2.23 bits per heavy atom. The number of amides is 1. The van der Waals surface area contributed by atoms with Gasteiger partial charge in [-0.2, -0.15) is 0 Å². The Bertz CT molecular complexity index is 948. The SMILES string of the molecule is CC(C)(C)c1nnc(NC(=O)C(C)(C)S(=O)(=O)c2ccc(F)cc2F)s1. The summed E-state index contributed by atoms with van der Waals surface area (Å²) >= 11 is 1.12. The van der Waals surface area contributed by atoms with Crippen LogP contribution < -0.4 is 5.32 Å². The number of nitrogens with zero attached hydrogens (tertiary/aromatic N) is 2. The molecule has 0 saturated carbocycles. The molecule has 2 aromatic rings. The number of hydrogen-bond acceptors (Lipinski definition) is 6. The number of rotatable bonds is 4. The Labute approximate surface area is 154 Å². The molecule has 0 unspecified atom stereocenters. The largest absolute Gasteiger partial charge is 0.299 e. The van der Waals surface area contributed by atoms with Gasteiger partial charge in [0.15, 0.2) is 9.84 Å². The van der Waals surface area contributed by atoms with Crippen LogP contribution in [0.3, 0.4) is 0 Å². The maximum atomic E-state index is 13.9. The molecule has 0 spiro atoms. The summed E-state index contributed by atoms with van der Waals surface area (Å²) in [6.45, 7) is 8.05. The number of benzene rings is 1. The van der Waals surface area contributed by atoms with Gasteiger partial charge in [0, 0.05) is 11.5 Å². The minimum absolute atomic E-state index is 0.141. The van der Waals surface area contributed by atoms with Gasteiger partial charge < -0.3 is 0 Å². The molecule has 0 atom stereocenters. The van der Waals surface area contributed by atoms with Crippen LogP contribution in [0.5, 0.6) is 0 Å². The zero-order valence-corrected chi connectivity index (χ0v) is 16.6. The molecule has 0 aliphatic rings. The predicted octanol–water partition coefficient (Wildman–Crippen LogP) is 3.30. The van der Waals surface area contributed by atoms with Gasteiger partial charge in [-0.3, -0.25) is 10.1 Å². The standard InChI is InChI=1S/C16H19F2N3O3S2/c1-15(2,3)13-20-21-14(25-13)19-12(22)16(4,5)26(23,24)11-7-6-9(17)8-10(11)18/h6-8H,1-5H3,(H,19,21,22). The first-order valence-electron chi connectivity index (χ1n) is 7.62. The van der Waals surface area contributed by atoms with Gasteiger partial charge in [-0.15, -0.1) is 10.2 Å². The van der Waals surface area contributed by atoms with Crippen LogP contribution in [0.1, 0.15) is 39.6 Å². The van der Waals surface area contributed by atoms with Crippen molar-refractivity contribution in [2.24, 2.45) is 0 Å². The third-order valence-corrected chi connectivity index (χ3v) is 7.39. The Balaban J connectivity index is 2.33. The molecule has 1 heterocycles. The minimum atomic E-state index is -4.42. The van der Waals surface area contributed by atoms with Gasteiger partial charge in [-0.25, -0.2) is 17.2 Å². The smallest absolute Gasteiger partial charge is 0.247 e. The maximum Gasteiger partial charge on any atom is 0.247 e. The summed E-state index contributed by atoms with van der Waals surface area (Å²) in [6, 6.07) is 2.09. The fraction of sp³-hybridized carbons (Fsp3) is 0.438. The summed E-state index contributed by atoms with van der Waals surface area (Å²) in [4.78, 5) is 11.8. The molecule has 0 aliphatic carbocycles. The molecule has 0 bridgehead atoms. The van der Waals surface area contributed by atoms with Crippen LogP contribution in [0.25, 0.3) is 0 Å². The number of sulfone groups is 1. The van der Waals surface area contributed by atoms with Crippen molar-refractivity contribution in [1.82, 2.24) is 10.2 Å². The molecule has 10 heteroatoms.